The molecule has 1 nitrogen and oxygen atoms in total. The summed E-state index contributed by atoms with van der Waals surface area (Å²) >= 11 is 0. The second-order valence-corrected chi connectivity index (χ2v) is 15.0. The van der Waals surface area contributed by atoms with Gasteiger partial charge in [0.1, 0.15) is 8.96 Å². The van der Waals surface area contributed by atoms with E-state index in [1.807, 2.05) is 0 Å². The van der Waals surface area contributed by atoms with Gasteiger partial charge in [0.2, 0.25) is 0 Å². The van der Waals surface area contributed by atoms with Crippen LogP contribution in [0.15, 0.2) is 0 Å². The molecule has 0 aliphatic rings. The average molecular weight is 1040 g/mol. The maximum absolute atomic E-state index is 14.0. The van der Waals surface area contributed by atoms with Gasteiger partial charge in [-0.25, -0.2) is 0 Å². The van der Waals surface area contributed by atoms with E-state index in [1.165, 1.54) is 0 Å². The number of hydrogen-bond acceptors (Lipinski definition) is 1. The molecular weight excluding hydrogens is 1030 g/mol. The molecule has 0 atom stereocenters. The summed E-state index contributed by atoms with van der Waals surface area (Å²) < 4.78 is 509. The summed E-state index contributed by atoms with van der Waals surface area (Å²) in [4.78, 5) is 0. The van der Waals surface area contributed by atoms with Crippen molar-refractivity contribution in [2.45, 2.75) is 132 Å². The Hall–Kier alpha value is -2.48. The Bertz CT molecular complexity index is 1450. The molecule has 0 heterocycles. The zero-order valence-electron chi connectivity index (χ0n) is 27.3. The summed E-state index contributed by atoms with van der Waals surface area (Å²) in [6, 6.07) is -5.35. The maximum atomic E-state index is 14.0. The number of halogens is 38. The van der Waals surface area contributed by atoms with Crippen molar-refractivity contribution in [1.82, 2.24) is 0 Å². The maximum Gasteiger partial charge on any atom is 0.460 e. The SMILES string of the molecule is N[SiH](CCC(F)(F)C(F)(F)C(F)(F)C(F)(F)C(F)(F)C(F)(F)C(F)(F)C(F)(F)C(F)(F)F)CCC(F)(F)C(F)(F)C(F)(F)C(F)(F)C(F)(F)C(F)(F)C(F)(F)C(F)(F)C(F)(F)F. The molecule has 62 heavy (non-hydrogen) atoms. The molecule has 0 unspecified atom stereocenters. The molecule has 0 amide bonds. The van der Waals surface area contributed by atoms with Crippen molar-refractivity contribution in [1.29, 1.82) is 0 Å². The van der Waals surface area contributed by atoms with Crippen LogP contribution in [-0.4, -0.2) is 116 Å². The molecule has 40 heteroatoms. The molecule has 0 aromatic rings. The van der Waals surface area contributed by atoms with Crippen LogP contribution in [0.5, 0.6) is 0 Å². The average Bonchev–Trinajstić information content (AvgIpc) is 3.03. The Morgan fingerprint density at radius 2 is 0.339 bits per heavy atom. The standard InChI is InChI=1S/C22H11F38NSi/c23-5(24,7(27,28)9(31,32)11(35,36)13(39,40)15(43,44)17(47,48)19(51,52)21(55,56)57)1-3-62(61)4-2-6(25,26)8(29,30)10(33,34)12(37,38)14(41,42)16(45,46)18(49,50)20(53,54)22(58,59)60/h62H,1-4,61H2. The van der Waals surface area contributed by atoms with Crippen molar-refractivity contribution in [2.24, 2.45) is 5.40 Å². The first kappa shape index (κ1) is 59.5. The second-order valence-electron chi connectivity index (χ2n) is 12.3. The summed E-state index contributed by atoms with van der Waals surface area (Å²) in [6.45, 7) is 0. The van der Waals surface area contributed by atoms with Gasteiger partial charge in [-0.2, -0.15) is 167 Å². The fourth-order valence-corrected chi connectivity index (χ4v) is 5.73. The van der Waals surface area contributed by atoms with E-state index >= 15 is 0 Å². The molecule has 0 radical (unpaired) electrons. The molecule has 374 valence electrons. The van der Waals surface area contributed by atoms with Crippen LogP contribution in [0, 0.1) is 0 Å². The third kappa shape index (κ3) is 7.80. The molecule has 0 aliphatic heterocycles. The molecule has 0 aliphatic carbocycles. The van der Waals surface area contributed by atoms with E-state index in [2.05, 4.69) is 5.40 Å². The van der Waals surface area contributed by atoms with Crippen LogP contribution in [0.1, 0.15) is 12.8 Å². The van der Waals surface area contributed by atoms with Crippen LogP contribution >= 0.6 is 0 Å². The Balaban J connectivity index is 6.69. The van der Waals surface area contributed by atoms with Gasteiger partial charge in [-0.1, -0.05) is 0 Å². The first-order chi connectivity index (χ1) is 26.1. The van der Waals surface area contributed by atoms with Crippen LogP contribution in [0.25, 0.3) is 0 Å². The summed E-state index contributed by atoms with van der Waals surface area (Å²) in [6.07, 6.45) is -23.7. The summed E-state index contributed by atoms with van der Waals surface area (Å²) in [7, 11) is -5.08. The zero-order chi connectivity index (χ0) is 51.4. The van der Waals surface area contributed by atoms with Crippen LogP contribution in [-0.2, 0) is 0 Å². The summed E-state index contributed by atoms with van der Waals surface area (Å²) in [5.74, 6) is -142. The first-order valence-electron chi connectivity index (χ1n) is 14.0. The highest BCUT2D eigenvalue weighted by Gasteiger charge is 2.98. The van der Waals surface area contributed by atoms with Gasteiger partial charge < -0.3 is 5.40 Å². The molecule has 0 bridgehead atoms. The van der Waals surface area contributed by atoms with Gasteiger partial charge in [0.25, 0.3) is 0 Å². The number of rotatable bonds is 20. The number of hydrogen-bond donors (Lipinski definition) is 1. The molecule has 0 aromatic carbocycles. The van der Waals surface area contributed by atoms with E-state index in [0.717, 1.165) is 0 Å². The van der Waals surface area contributed by atoms with Crippen molar-refractivity contribution < 1.29 is 167 Å². The van der Waals surface area contributed by atoms with E-state index in [0.29, 0.717) is 0 Å². The monoisotopic (exact) mass is 1040 g/mol. The van der Waals surface area contributed by atoms with Gasteiger partial charge in [-0.15, -0.1) is 0 Å². The Labute approximate surface area is 314 Å². The summed E-state index contributed by atoms with van der Waals surface area (Å²) in [5.41, 5.74) is 0. The molecule has 0 fully saturated rings. The van der Waals surface area contributed by atoms with Crippen molar-refractivity contribution in [2.75, 3.05) is 0 Å². The smallest absolute Gasteiger partial charge is 0.353 e. The highest BCUT2D eigenvalue weighted by molar-refractivity contribution is 6.55. The first-order valence-corrected chi connectivity index (χ1v) is 16.3. The van der Waals surface area contributed by atoms with Gasteiger partial charge >= 0.3 is 107 Å². The lowest BCUT2D eigenvalue weighted by Crippen LogP contribution is -2.75. The van der Waals surface area contributed by atoms with Crippen LogP contribution in [0.4, 0.5) is 167 Å². The van der Waals surface area contributed by atoms with Crippen LogP contribution in [0.3, 0.4) is 0 Å². The zero-order valence-corrected chi connectivity index (χ0v) is 28.5. The summed E-state index contributed by atoms with van der Waals surface area (Å²) in [5, 5.41) is 4.64. The molecular formula is C22H11F38NSi. The van der Waals surface area contributed by atoms with E-state index in [9.17, 15) is 167 Å². The van der Waals surface area contributed by atoms with E-state index < -0.39 is 141 Å². The fraction of sp³-hybridized carbons (Fsp3) is 1.00. The van der Waals surface area contributed by atoms with Crippen LogP contribution < -0.4 is 5.40 Å². The van der Waals surface area contributed by atoms with E-state index in [-0.39, 0.29) is 0 Å². The third-order valence-corrected chi connectivity index (χ3v) is 10.1. The highest BCUT2D eigenvalue weighted by atomic mass is 28.3. The normalized spacial score (nSPS) is 17.0. The van der Waals surface area contributed by atoms with Crippen molar-refractivity contribution >= 4 is 8.96 Å². The largest absolute Gasteiger partial charge is 0.460 e. The minimum Gasteiger partial charge on any atom is -0.353 e. The number of alkyl halides is 38. The van der Waals surface area contributed by atoms with E-state index in [4.69, 9.17) is 0 Å². The lowest BCUT2D eigenvalue weighted by atomic mass is 9.87. The minimum atomic E-state index is -9.41. The molecule has 0 rings (SSSR count). The Morgan fingerprint density at radius 1 is 0.210 bits per heavy atom. The Kier molecular flexibility index (Phi) is 14.7. The van der Waals surface area contributed by atoms with Crippen LogP contribution in [0.2, 0.25) is 12.1 Å². The molecule has 0 saturated heterocycles. The van der Waals surface area contributed by atoms with Gasteiger partial charge in [0, 0.05) is 12.8 Å². The number of nitrogens with two attached hydrogens (primary N) is 1. The molecule has 2 N–H and O–H groups in total. The molecule has 0 spiro atoms. The topological polar surface area (TPSA) is 26.0 Å². The van der Waals surface area contributed by atoms with Gasteiger partial charge in [-0.05, 0) is 12.1 Å². The molecule has 0 saturated carbocycles. The quantitative estimate of drug-likeness (QED) is 0.0954. The van der Waals surface area contributed by atoms with E-state index in [1.54, 1.807) is 0 Å². The highest BCUT2D eigenvalue weighted by Crippen LogP contribution is 2.67. The van der Waals surface area contributed by atoms with Gasteiger partial charge in [0.05, 0.1) is 0 Å². The minimum absolute atomic E-state index is 2.67. The van der Waals surface area contributed by atoms with Gasteiger partial charge in [0.15, 0.2) is 0 Å². The molecule has 0 aromatic heterocycles. The third-order valence-electron chi connectivity index (χ3n) is 8.02. The second kappa shape index (κ2) is 15.3. The lowest BCUT2D eigenvalue weighted by Gasteiger charge is -2.44. The van der Waals surface area contributed by atoms with Crippen molar-refractivity contribution in [3.63, 3.8) is 0 Å². The van der Waals surface area contributed by atoms with Crippen molar-refractivity contribution in [3.8, 4) is 0 Å². The Morgan fingerprint density at radius 3 is 0.484 bits per heavy atom. The predicted octanol–water partition coefficient (Wildman–Crippen LogP) is 12.7. The lowest BCUT2D eigenvalue weighted by molar-refractivity contribution is -0.468. The van der Waals surface area contributed by atoms with Crippen molar-refractivity contribution in [3.05, 3.63) is 0 Å². The fourth-order valence-electron chi connectivity index (χ4n) is 3.98. The van der Waals surface area contributed by atoms with Gasteiger partial charge in [-0.3, -0.25) is 0 Å². The predicted molar refractivity (Wildman–Crippen MR) is 121 cm³/mol.